The molecule has 0 aromatic rings. The van der Waals surface area contributed by atoms with E-state index in [-0.39, 0.29) is 0 Å². The zero-order valence-corrected chi connectivity index (χ0v) is 12.3. The highest BCUT2D eigenvalue weighted by Gasteiger charge is 2.07. The van der Waals surface area contributed by atoms with Gasteiger partial charge in [-0.2, -0.15) is 0 Å². The third kappa shape index (κ3) is 8.79. The van der Waals surface area contributed by atoms with E-state index < -0.39 is 0 Å². The minimum absolute atomic E-state index is 0.340. The number of hydrogen-bond donors (Lipinski definition) is 0. The molecule has 0 atom stereocenters. The molecule has 0 aromatic heterocycles. The van der Waals surface area contributed by atoms with Gasteiger partial charge in [0.15, 0.2) is 0 Å². The highest BCUT2D eigenvalue weighted by atomic mass is 15.1. The molecule has 0 unspecified atom stereocenters. The summed E-state index contributed by atoms with van der Waals surface area (Å²) >= 11 is 0. The summed E-state index contributed by atoms with van der Waals surface area (Å²) < 4.78 is 0. The van der Waals surface area contributed by atoms with E-state index in [1.54, 1.807) is 0 Å². The Morgan fingerprint density at radius 3 is 1.90 bits per heavy atom. The lowest BCUT2D eigenvalue weighted by Crippen LogP contribution is -2.29. The lowest BCUT2D eigenvalue weighted by atomic mass is 10.1. The van der Waals surface area contributed by atoms with E-state index in [4.69, 9.17) is 0 Å². The smallest absolute Gasteiger partial charge is 0.0611 e. The first-order valence-corrected chi connectivity index (χ1v) is 7.00. The van der Waals surface area contributed by atoms with Crippen molar-refractivity contribution < 1.29 is 0 Å². The molecule has 0 spiro atoms. The first-order chi connectivity index (χ1) is 9.79. The van der Waals surface area contributed by atoms with Crippen LogP contribution >= 0.6 is 0 Å². The molecule has 1 heteroatoms. The van der Waals surface area contributed by atoms with Crippen LogP contribution in [0.5, 0.6) is 0 Å². The van der Waals surface area contributed by atoms with Gasteiger partial charge in [-0.05, 0) is 73.3 Å². The maximum atomic E-state index is 3.05. The first-order valence-electron chi connectivity index (χ1n) is 7.00. The second kappa shape index (κ2) is 10.7. The van der Waals surface area contributed by atoms with Crippen molar-refractivity contribution in [3.8, 4) is 59.2 Å². The van der Waals surface area contributed by atoms with Crippen molar-refractivity contribution in [3.63, 3.8) is 0 Å². The van der Waals surface area contributed by atoms with E-state index in [1.807, 2.05) is 13.8 Å². The topological polar surface area (TPSA) is 3.24 Å². The normalized spacial score (nSPS) is 12.9. The predicted molar refractivity (Wildman–Crippen MR) is 84.0 cm³/mol. The van der Waals surface area contributed by atoms with E-state index in [9.17, 15) is 0 Å². The van der Waals surface area contributed by atoms with Crippen molar-refractivity contribution in [2.24, 2.45) is 5.92 Å². The second-order valence-electron chi connectivity index (χ2n) is 4.81. The molecule has 0 saturated carbocycles. The highest BCUT2D eigenvalue weighted by Crippen LogP contribution is 2.06. The van der Waals surface area contributed by atoms with Crippen LogP contribution in [-0.2, 0) is 0 Å². The number of likely N-dealkylation sites (tertiary alicyclic amines) is 1. The quantitative estimate of drug-likeness (QED) is 0.654. The summed E-state index contributed by atoms with van der Waals surface area (Å²) in [4.78, 5) is 2.36. The Hall–Kier alpha value is -2.24. The lowest BCUT2D eigenvalue weighted by molar-refractivity contribution is 0.255. The third-order valence-electron chi connectivity index (χ3n) is 2.64. The maximum absolute atomic E-state index is 3.05. The zero-order valence-electron chi connectivity index (χ0n) is 12.3. The van der Waals surface area contributed by atoms with E-state index >= 15 is 0 Å². The minimum Gasteiger partial charge on any atom is -0.292 e. The second-order valence-corrected chi connectivity index (χ2v) is 4.81. The van der Waals surface area contributed by atoms with E-state index in [1.165, 1.54) is 19.3 Å². The fourth-order valence-electron chi connectivity index (χ4n) is 1.68. The SMILES string of the molecule is CC(C)C#CC#CC#CC#CC#CCN1CCCCC1. The average molecular weight is 261 g/mol. The Kier molecular flexibility index (Phi) is 8.43. The monoisotopic (exact) mass is 261 g/mol. The van der Waals surface area contributed by atoms with Gasteiger partial charge in [0.05, 0.1) is 6.54 Å². The molecule has 1 aliphatic rings. The molecule has 0 N–H and O–H groups in total. The lowest BCUT2D eigenvalue weighted by Gasteiger charge is -2.23. The Balaban J connectivity index is 2.28. The molecule has 0 aromatic carbocycles. The third-order valence-corrected chi connectivity index (χ3v) is 2.64. The van der Waals surface area contributed by atoms with Gasteiger partial charge in [-0.3, -0.25) is 4.90 Å². The van der Waals surface area contributed by atoms with Gasteiger partial charge in [-0.25, -0.2) is 0 Å². The Morgan fingerprint density at radius 1 is 0.750 bits per heavy atom. The molecular weight excluding hydrogens is 242 g/mol. The van der Waals surface area contributed by atoms with Crippen LogP contribution in [0.4, 0.5) is 0 Å². The predicted octanol–water partition coefficient (Wildman–Crippen LogP) is 2.15. The van der Waals surface area contributed by atoms with Gasteiger partial charge in [0.1, 0.15) is 0 Å². The van der Waals surface area contributed by atoms with Gasteiger partial charge >= 0.3 is 0 Å². The summed E-state index contributed by atoms with van der Waals surface area (Å²) in [6, 6.07) is 0. The largest absolute Gasteiger partial charge is 0.292 e. The fourth-order valence-corrected chi connectivity index (χ4v) is 1.68. The Labute approximate surface area is 123 Å². The van der Waals surface area contributed by atoms with Crippen LogP contribution in [0.3, 0.4) is 0 Å². The number of rotatable bonds is 1. The molecule has 1 heterocycles. The summed E-state index contributed by atoms with van der Waals surface area (Å²) in [5, 5.41) is 0. The fraction of sp³-hybridized carbons (Fsp3) is 0.474. The van der Waals surface area contributed by atoms with Crippen molar-refractivity contribution >= 4 is 0 Å². The van der Waals surface area contributed by atoms with Gasteiger partial charge in [0, 0.05) is 5.92 Å². The zero-order chi connectivity index (χ0) is 14.5. The van der Waals surface area contributed by atoms with E-state index in [2.05, 4.69) is 64.1 Å². The summed E-state index contributed by atoms with van der Waals surface area (Å²) in [6.45, 7) is 7.18. The molecule has 1 nitrogen and oxygen atoms in total. The molecule has 0 amide bonds. The van der Waals surface area contributed by atoms with Gasteiger partial charge < -0.3 is 0 Å². The van der Waals surface area contributed by atoms with Crippen LogP contribution in [0.25, 0.3) is 0 Å². The molecule has 1 fully saturated rings. The molecule has 0 aliphatic carbocycles. The Bertz CT molecular complexity index is 591. The van der Waals surface area contributed by atoms with Crippen LogP contribution in [0, 0.1) is 65.1 Å². The van der Waals surface area contributed by atoms with Crippen molar-refractivity contribution in [2.75, 3.05) is 19.6 Å². The van der Waals surface area contributed by atoms with Crippen molar-refractivity contribution in [2.45, 2.75) is 33.1 Å². The van der Waals surface area contributed by atoms with Crippen molar-refractivity contribution in [1.29, 1.82) is 0 Å². The van der Waals surface area contributed by atoms with Crippen LogP contribution in [0.1, 0.15) is 33.1 Å². The van der Waals surface area contributed by atoms with E-state index in [0.29, 0.717) is 5.92 Å². The average Bonchev–Trinajstić information content (AvgIpc) is 2.45. The Morgan fingerprint density at radius 2 is 1.30 bits per heavy atom. The summed E-state index contributed by atoms with van der Waals surface area (Å²) in [5.41, 5.74) is 0. The molecule has 20 heavy (non-hydrogen) atoms. The van der Waals surface area contributed by atoms with Crippen molar-refractivity contribution in [3.05, 3.63) is 0 Å². The van der Waals surface area contributed by atoms with Crippen LogP contribution in [0.15, 0.2) is 0 Å². The molecule has 1 rings (SSSR count). The molecule has 0 radical (unpaired) electrons. The van der Waals surface area contributed by atoms with Gasteiger partial charge in [-0.15, -0.1) is 0 Å². The molecular formula is C19H19N. The molecule has 0 bridgehead atoms. The number of piperidine rings is 1. The molecule has 1 aliphatic heterocycles. The van der Waals surface area contributed by atoms with Crippen LogP contribution < -0.4 is 0 Å². The van der Waals surface area contributed by atoms with Crippen molar-refractivity contribution in [1.82, 2.24) is 4.90 Å². The number of nitrogens with zero attached hydrogens (tertiary/aromatic N) is 1. The molecule has 1 saturated heterocycles. The highest BCUT2D eigenvalue weighted by molar-refractivity contribution is 5.42. The summed E-state index contributed by atoms with van der Waals surface area (Å²) in [5.74, 6) is 27.9. The van der Waals surface area contributed by atoms with Gasteiger partial charge in [0.25, 0.3) is 0 Å². The summed E-state index contributed by atoms with van der Waals surface area (Å²) in [7, 11) is 0. The maximum Gasteiger partial charge on any atom is 0.0611 e. The molecule has 100 valence electrons. The standard InChI is InChI=1S/C19H19N/c1-19(2)15-11-8-6-4-3-5-7-9-12-16-20-17-13-10-14-18-20/h19H,10,13-14,16-18H2,1-2H3. The number of hydrogen-bond acceptors (Lipinski definition) is 1. The first kappa shape index (κ1) is 15.8. The minimum atomic E-state index is 0.340. The van der Waals surface area contributed by atoms with Gasteiger partial charge in [0.2, 0.25) is 0 Å². The van der Waals surface area contributed by atoms with Crippen LogP contribution in [0.2, 0.25) is 0 Å². The van der Waals surface area contributed by atoms with Crippen LogP contribution in [-0.4, -0.2) is 24.5 Å². The summed E-state index contributed by atoms with van der Waals surface area (Å²) in [6.07, 6.45) is 3.93. The van der Waals surface area contributed by atoms with E-state index in [0.717, 1.165) is 19.6 Å². The van der Waals surface area contributed by atoms with Gasteiger partial charge in [-0.1, -0.05) is 32.1 Å².